The monoisotopic (exact) mass is 174 g/mol. The zero-order chi connectivity index (χ0) is 9.56. The average Bonchev–Trinajstić information content (AvgIpc) is 2.00. The highest BCUT2D eigenvalue weighted by Crippen LogP contribution is 2.04. The molecule has 0 bridgehead atoms. The van der Waals surface area contributed by atoms with E-state index in [2.05, 4.69) is 0 Å². The second kappa shape index (κ2) is 5.71. The highest BCUT2D eigenvalue weighted by molar-refractivity contribution is 6.32. The van der Waals surface area contributed by atoms with Crippen molar-refractivity contribution in [1.29, 1.82) is 0 Å². The molecule has 0 saturated heterocycles. The molecule has 0 rings (SSSR count). The highest BCUT2D eigenvalue weighted by atomic mass is 16.4. The van der Waals surface area contributed by atoms with Crippen LogP contribution in [-0.4, -0.2) is 28.1 Å². The molecule has 0 saturated carbocycles. The molecule has 0 aliphatic carbocycles. The van der Waals surface area contributed by atoms with Crippen molar-refractivity contribution in [2.24, 2.45) is 0 Å². The number of aliphatic hydroxyl groups is 1. The minimum absolute atomic E-state index is 0.269. The topological polar surface area (TPSA) is 74.6 Å². The van der Waals surface area contributed by atoms with Crippen molar-refractivity contribution in [3.63, 3.8) is 0 Å². The number of hydrogen-bond acceptors (Lipinski definition) is 3. The molecule has 4 heteroatoms. The number of Topliss-reactive ketones (excluding diaryl/α,β-unsaturated/α-hetero) is 1. The normalized spacial score (nSPS) is 12.5. The van der Waals surface area contributed by atoms with E-state index in [4.69, 9.17) is 10.2 Å². The molecule has 2 N–H and O–H groups in total. The third-order valence-corrected chi connectivity index (χ3v) is 1.55. The van der Waals surface area contributed by atoms with Gasteiger partial charge in [-0.25, -0.2) is 4.79 Å². The molecule has 0 amide bonds. The van der Waals surface area contributed by atoms with Gasteiger partial charge in [-0.05, 0) is 6.42 Å². The quantitative estimate of drug-likeness (QED) is 0.577. The number of unbranched alkanes of at least 4 members (excludes halogenated alkanes) is 1. The summed E-state index contributed by atoms with van der Waals surface area (Å²) in [6.07, 6.45) is 1.17. The second-order valence-corrected chi connectivity index (χ2v) is 2.73. The second-order valence-electron chi connectivity index (χ2n) is 2.73. The van der Waals surface area contributed by atoms with Gasteiger partial charge in [-0.3, -0.25) is 4.79 Å². The Balaban J connectivity index is 3.61. The SMILES string of the molecule is CCCCC(O)CC(=O)C(=O)O. The molecule has 0 aromatic heterocycles. The Morgan fingerprint density at radius 2 is 2.00 bits per heavy atom. The molecule has 0 spiro atoms. The summed E-state index contributed by atoms with van der Waals surface area (Å²) in [6, 6.07) is 0. The Morgan fingerprint density at radius 3 is 2.42 bits per heavy atom. The predicted molar refractivity (Wildman–Crippen MR) is 42.8 cm³/mol. The van der Waals surface area contributed by atoms with Crippen LogP contribution in [0.15, 0.2) is 0 Å². The molecule has 0 aromatic rings. The van der Waals surface area contributed by atoms with E-state index >= 15 is 0 Å². The summed E-state index contributed by atoms with van der Waals surface area (Å²) in [4.78, 5) is 20.6. The summed E-state index contributed by atoms with van der Waals surface area (Å²) in [5.41, 5.74) is 0. The lowest BCUT2D eigenvalue weighted by atomic mass is 10.1. The van der Waals surface area contributed by atoms with Gasteiger partial charge in [0, 0.05) is 6.42 Å². The van der Waals surface area contributed by atoms with Gasteiger partial charge >= 0.3 is 5.97 Å². The first-order chi connectivity index (χ1) is 5.57. The smallest absolute Gasteiger partial charge is 0.372 e. The van der Waals surface area contributed by atoms with Crippen LogP contribution >= 0.6 is 0 Å². The summed E-state index contributed by atoms with van der Waals surface area (Å²) in [5, 5.41) is 17.3. The molecule has 1 atom stereocenters. The van der Waals surface area contributed by atoms with Gasteiger partial charge < -0.3 is 10.2 Å². The number of rotatable bonds is 6. The summed E-state index contributed by atoms with van der Waals surface area (Å²) in [7, 11) is 0. The average molecular weight is 174 g/mol. The standard InChI is InChI=1S/C8H14O4/c1-2-3-4-6(9)5-7(10)8(11)12/h6,9H,2-5H2,1H3,(H,11,12). The van der Waals surface area contributed by atoms with Gasteiger partial charge in [0.25, 0.3) is 0 Å². The number of hydrogen-bond donors (Lipinski definition) is 2. The molecule has 0 aliphatic rings. The van der Waals surface area contributed by atoms with E-state index in [0.717, 1.165) is 12.8 Å². The number of carboxylic acids is 1. The molecule has 0 aromatic carbocycles. The van der Waals surface area contributed by atoms with Crippen molar-refractivity contribution < 1.29 is 19.8 Å². The van der Waals surface area contributed by atoms with E-state index in [1.54, 1.807) is 0 Å². The van der Waals surface area contributed by atoms with Crippen LogP contribution in [0.5, 0.6) is 0 Å². The van der Waals surface area contributed by atoms with Gasteiger partial charge in [-0.15, -0.1) is 0 Å². The van der Waals surface area contributed by atoms with Crippen molar-refractivity contribution in [2.45, 2.75) is 38.7 Å². The maximum absolute atomic E-state index is 10.6. The van der Waals surface area contributed by atoms with Crippen LogP contribution < -0.4 is 0 Å². The maximum atomic E-state index is 10.6. The van der Waals surface area contributed by atoms with Crippen LogP contribution in [0.3, 0.4) is 0 Å². The molecule has 0 fully saturated rings. The fourth-order valence-electron chi connectivity index (χ4n) is 0.843. The van der Waals surface area contributed by atoms with Crippen LogP contribution in [0.4, 0.5) is 0 Å². The minimum Gasteiger partial charge on any atom is -0.475 e. The number of carbonyl (C=O) groups excluding carboxylic acids is 1. The van der Waals surface area contributed by atoms with E-state index < -0.39 is 17.9 Å². The molecule has 0 aliphatic heterocycles. The molecule has 0 heterocycles. The minimum atomic E-state index is -1.47. The predicted octanol–water partition coefficient (Wildman–Crippen LogP) is 0.581. The fraction of sp³-hybridized carbons (Fsp3) is 0.750. The molecular formula is C8H14O4. The lowest BCUT2D eigenvalue weighted by Gasteiger charge is -2.05. The Kier molecular flexibility index (Phi) is 5.28. The fourth-order valence-corrected chi connectivity index (χ4v) is 0.843. The van der Waals surface area contributed by atoms with Crippen molar-refractivity contribution in [3.05, 3.63) is 0 Å². The molecule has 70 valence electrons. The van der Waals surface area contributed by atoms with Crippen molar-refractivity contribution >= 4 is 11.8 Å². The Labute approximate surface area is 71.2 Å². The number of aliphatic hydroxyl groups excluding tert-OH is 1. The van der Waals surface area contributed by atoms with Crippen LogP contribution in [-0.2, 0) is 9.59 Å². The Hall–Kier alpha value is -0.900. The lowest BCUT2D eigenvalue weighted by Crippen LogP contribution is -2.20. The third-order valence-electron chi connectivity index (χ3n) is 1.55. The lowest BCUT2D eigenvalue weighted by molar-refractivity contribution is -0.150. The summed E-state index contributed by atoms with van der Waals surface area (Å²) >= 11 is 0. The number of carbonyl (C=O) groups is 2. The van der Waals surface area contributed by atoms with Gasteiger partial charge in [0.1, 0.15) is 0 Å². The van der Waals surface area contributed by atoms with E-state index in [1.807, 2.05) is 6.92 Å². The summed E-state index contributed by atoms with van der Waals surface area (Å²) in [5.74, 6) is -2.39. The van der Waals surface area contributed by atoms with E-state index in [1.165, 1.54) is 0 Å². The van der Waals surface area contributed by atoms with Crippen molar-refractivity contribution in [1.82, 2.24) is 0 Å². The van der Waals surface area contributed by atoms with Crippen LogP contribution in [0, 0.1) is 0 Å². The molecule has 0 radical (unpaired) electrons. The third kappa shape index (κ3) is 4.85. The molecule has 1 unspecified atom stereocenters. The van der Waals surface area contributed by atoms with Gasteiger partial charge in [-0.2, -0.15) is 0 Å². The van der Waals surface area contributed by atoms with Gasteiger partial charge in [0.15, 0.2) is 0 Å². The summed E-state index contributed by atoms with van der Waals surface area (Å²) in [6.45, 7) is 1.96. The van der Waals surface area contributed by atoms with Gasteiger partial charge in [0.2, 0.25) is 5.78 Å². The highest BCUT2D eigenvalue weighted by Gasteiger charge is 2.16. The van der Waals surface area contributed by atoms with E-state index in [0.29, 0.717) is 6.42 Å². The van der Waals surface area contributed by atoms with Crippen molar-refractivity contribution in [3.8, 4) is 0 Å². The zero-order valence-corrected chi connectivity index (χ0v) is 7.12. The maximum Gasteiger partial charge on any atom is 0.372 e. The Morgan fingerprint density at radius 1 is 1.42 bits per heavy atom. The van der Waals surface area contributed by atoms with E-state index in [-0.39, 0.29) is 6.42 Å². The first-order valence-electron chi connectivity index (χ1n) is 4.02. The first kappa shape index (κ1) is 11.1. The molecule has 4 nitrogen and oxygen atoms in total. The van der Waals surface area contributed by atoms with Crippen molar-refractivity contribution in [2.75, 3.05) is 0 Å². The zero-order valence-electron chi connectivity index (χ0n) is 7.12. The van der Waals surface area contributed by atoms with Gasteiger partial charge in [-0.1, -0.05) is 19.8 Å². The Bertz CT molecular complexity index is 164. The van der Waals surface area contributed by atoms with Crippen LogP contribution in [0.1, 0.15) is 32.6 Å². The van der Waals surface area contributed by atoms with E-state index in [9.17, 15) is 9.59 Å². The number of ketones is 1. The van der Waals surface area contributed by atoms with Crippen LogP contribution in [0.25, 0.3) is 0 Å². The van der Waals surface area contributed by atoms with Crippen LogP contribution in [0.2, 0.25) is 0 Å². The number of aliphatic carboxylic acids is 1. The summed E-state index contributed by atoms with van der Waals surface area (Å²) < 4.78 is 0. The van der Waals surface area contributed by atoms with Gasteiger partial charge in [0.05, 0.1) is 6.10 Å². The molecular weight excluding hydrogens is 160 g/mol. The molecule has 12 heavy (non-hydrogen) atoms. The first-order valence-corrected chi connectivity index (χ1v) is 4.02. The largest absolute Gasteiger partial charge is 0.475 e. The number of carboxylic acid groups (broad SMARTS) is 1.